The van der Waals surface area contributed by atoms with E-state index < -0.39 is 37.4 Å². The highest BCUT2D eigenvalue weighted by molar-refractivity contribution is 7.90. The molecule has 19 heavy (non-hydrogen) atoms. The molecule has 0 aliphatic rings. The monoisotopic (exact) mass is 288 g/mol. The van der Waals surface area contributed by atoms with Gasteiger partial charge in [-0.1, -0.05) is 6.07 Å². The smallest absolute Gasteiger partial charge is 0.325 e. The minimum Gasteiger partial charge on any atom is -0.480 e. The third-order valence-electron chi connectivity index (χ3n) is 2.32. The van der Waals surface area contributed by atoms with E-state index >= 15 is 0 Å². The number of carboxylic acids is 1. The molecule has 8 nitrogen and oxygen atoms in total. The lowest BCUT2D eigenvalue weighted by atomic mass is 10.2. The number of nitrogens with zero attached hydrogens (tertiary/aromatic N) is 1. The fourth-order valence-corrected chi connectivity index (χ4v) is 2.28. The Kier molecular flexibility index (Phi) is 4.10. The van der Waals surface area contributed by atoms with E-state index in [0.717, 1.165) is 12.3 Å². The van der Waals surface area contributed by atoms with E-state index in [1.165, 1.54) is 19.1 Å². The maximum absolute atomic E-state index is 11.5. The Morgan fingerprint density at radius 2 is 2.05 bits per heavy atom. The van der Waals surface area contributed by atoms with Crippen LogP contribution in [0.3, 0.4) is 0 Å². The number of nitrogens with one attached hydrogen (secondary N) is 1. The summed E-state index contributed by atoms with van der Waals surface area (Å²) in [6.07, 6.45) is 0.847. The Bertz CT molecular complexity index is 625. The number of nitro groups is 1. The Morgan fingerprint density at radius 3 is 2.47 bits per heavy atom. The lowest BCUT2D eigenvalue weighted by Gasteiger charge is -2.12. The molecule has 0 spiro atoms. The van der Waals surface area contributed by atoms with Crippen molar-refractivity contribution in [1.82, 2.24) is 0 Å². The van der Waals surface area contributed by atoms with Gasteiger partial charge in [0.2, 0.25) is 0 Å². The number of hydrogen-bond donors (Lipinski definition) is 2. The zero-order chi connectivity index (χ0) is 14.8. The Labute approximate surface area is 109 Å². The molecule has 0 aliphatic carbocycles. The van der Waals surface area contributed by atoms with Gasteiger partial charge in [-0.3, -0.25) is 14.9 Å². The van der Waals surface area contributed by atoms with Crippen molar-refractivity contribution >= 4 is 27.2 Å². The van der Waals surface area contributed by atoms with E-state index in [1.807, 2.05) is 0 Å². The second-order valence-electron chi connectivity index (χ2n) is 3.89. The number of nitro benzene ring substituents is 1. The van der Waals surface area contributed by atoms with Crippen molar-refractivity contribution in [2.45, 2.75) is 17.9 Å². The summed E-state index contributed by atoms with van der Waals surface area (Å²) in [6, 6.07) is 2.57. The van der Waals surface area contributed by atoms with Crippen molar-refractivity contribution in [1.29, 1.82) is 0 Å². The molecule has 104 valence electrons. The zero-order valence-electron chi connectivity index (χ0n) is 10.2. The number of para-hydroxylation sites is 1. The summed E-state index contributed by atoms with van der Waals surface area (Å²) >= 11 is 0. The van der Waals surface area contributed by atoms with Gasteiger partial charge in [0.25, 0.3) is 0 Å². The van der Waals surface area contributed by atoms with E-state index in [9.17, 15) is 23.3 Å². The van der Waals surface area contributed by atoms with Gasteiger partial charge in [-0.05, 0) is 19.1 Å². The highest BCUT2D eigenvalue weighted by Gasteiger charge is 2.27. The summed E-state index contributed by atoms with van der Waals surface area (Å²) in [5.74, 6) is -1.21. The third-order valence-corrected chi connectivity index (χ3v) is 3.45. The van der Waals surface area contributed by atoms with Crippen molar-refractivity contribution < 1.29 is 23.2 Å². The van der Waals surface area contributed by atoms with Gasteiger partial charge >= 0.3 is 11.7 Å². The minimum atomic E-state index is -3.79. The van der Waals surface area contributed by atoms with E-state index in [-0.39, 0.29) is 5.69 Å². The van der Waals surface area contributed by atoms with Gasteiger partial charge in [-0.2, -0.15) is 0 Å². The largest absolute Gasteiger partial charge is 0.480 e. The van der Waals surface area contributed by atoms with Gasteiger partial charge in [0.1, 0.15) is 16.6 Å². The summed E-state index contributed by atoms with van der Waals surface area (Å²) in [5.41, 5.74) is -0.805. The quantitative estimate of drug-likeness (QED) is 0.608. The summed E-state index contributed by atoms with van der Waals surface area (Å²) in [5, 5.41) is 22.1. The van der Waals surface area contributed by atoms with Crippen LogP contribution in [0.2, 0.25) is 0 Å². The number of aliphatic carboxylic acids is 1. The first kappa shape index (κ1) is 14.9. The van der Waals surface area contributed by atoms with Crippen LogP contribution < -0.4 is 5.32 Å². The van der Waals surface area contributed by atoms with Crippen LogP contribution in [0.4, 0.5) is 11.4 Å². The molecule has 1 aromatic carbocycles. The van der Waals surface area contributed by atoms with Gasteiger partial charge in [-0.25, -0.2) is 8.42 Å². The van der Waals surface area contributed by atoms with Crippen LogP contribution in [0.25, 0.3) is 0 Å². The molecule has 0 amide bonds. The highest BCUT2D eigenvalue weighted by atomic mass is 32.2. The van der Waals surface area contributed by atoms with Gasteiger partial charge in [-0.15, -0.1) is 0 Å². The van der Waals surface area contributed by atoms with E-state index in [0.29, 0.717) is 0 Å². The molecule has 2 N–H and O–H groups in total. The molecule has 0 heterocycles. The maximum Gasteiger partial charge on any atom is 0.325 e. The molecule has 1 aromatic rings. The lowest BCUT2D eigenvalue weighted by Crippen LogP contribution is -2.26. The molecule has 0 fully saturated rings. The minimum absolute atomic E-state index is 0.150. The molecule has 0 saturated carbocycles. The lowest BCUT2D eigenvalue weighted by molar-refractivity contribution is -0.386. The number of hydrogen-bond acceptors (Lipinski definition) is 6. The standard InChI is InChI=1S/C10H12N2O6S/c1-6(10(13)14)11-7-4-3-5-8(19(2,17)18)9(7)12(15)16/h3-6,11H,1-2H3,(H,13,14). The number of carboxylic acid groups (broad SMARTS) is 1. The van der Waals surface area contributed by atoms with Crippen LogP contribution in [0.1, 0.15) is 6.92 Å². The van der Waals surface area contributed by atoms with Crippen LogP contribution in [-0.4, -0.2) is 36.7 Å². The fraction of sp³-hybridized carbons (Fsp3) is 0.300. The number of rotatable bonds is 5. The average Bonchev–Trinajstić information content (AvgIpc) is 2.26. The molecule has 0 saturated heterocycles. The van der Waals surface area contributed by atoms with Gasteiger partial charge in [0.15, 0.2) is 9.84 Å². The molecule has 1 rings (SSSR count). The third kappa shape index (κ3) is 3.41. The Hall–Kier alpha value is -2.16. The van der Waals surface area contributed by atoms with Crippen LogP contribution >= 0.6 is 0 Å². The van der Waals surface area contributed by atoms with Crippen molar-refractivity contribution in [3.8, 4) is 0 Å². The number of benzene rings is 1. The molecule has 0 aromatic heterocycles. The summed E-state index contributed by atoms with van der Waals surface area (Å²) < 4.78 is 23.0. The fourth-order valence-electron chi connectivity index (χ4n) is 1.42. The summed E-state index contributed by atoms with van der Waals surface area (Å²) in [4.78, 5) is 20.4. The van der Waals surface area contributed by atoms with Crippen LogP contribution in [0.5, 0.6) is 0 Å². The molecule has 0 bridgehead atoms. The first-order valence-corrected chi connectivity index (χ1v) is 7.00. The normalized spacial score (nSPS) is 12.7. The number of anilines is 1. The molecular formula is C10H12N2O6S. The van der Waals surface area contributed by atoms with Crippen LogP contribution in [0.15, 0.2) is 23.1 Å². The van der Waals surface area contributed by atoms with E-state index in [4.69, 9.17) is 5.11 Å². The first-order valence-electron chi connectivity index (χ1n) is 5.11. The Balaban J connectivity index is 3.42. The first-order chi connectivity index (χ1) is 8.64. The van der Waals surface area contributed by atoms with Crippen molar-refractivity contribution in [2.24, 2.45) is 0 Å². The molecule has 0 aliphatic heterocycles. The van der Waals surface area contributed by atoms with E-state index in [2.05, 4.69) is 5.32 Å². The number of sulfone groups is 1. The second-order valence-corrected chi connectivity index (χ2v) is 5.87. The van der Waals surface area contributed by atoms with Crippen molar-refractivity contribution in [2.75, 3.05) is 11.6 Å². The van der Waals surface area contributed by atoms with Crippen molar-refractivity contribution in [3.05, 3.63) is 28.3 Å². The van der Waals surface area contributed by atoms with Gasteiger partial charge in [0, 0.05) is 6.26 Å². The zero-order valence-corrected chi connectivity index (χ0v) is 11.0. The van der Waals surface area contributed by atoms with Crippen LogP contribution in [-0.2, 0) is 14.6 Å². The predicted octanol–water partition coefficient (Wildman–Crippen LogP) is 0.883. The summed E-state index contributed by atoms with van der Waals surface area (Å²) in [7, 11) is -3.79. The average molecular weight is 288 g/mol. The van der Waals surface area contributed by atoms with Gasteiger partial charge in [0.05, 0.1) is 4.92 Å². The molecular weight excluding hydrogens is 276 g/mol. The Morgan fingerprint density at radius 1 is 1.47 bits per heavy atom. The van der Waals surface area contributed by atoms with E-state index in [1.54, 1.807) is 0 Å². The molecule has 1 unspecified atom stereocenters. The maximum atomic E-state index is 11.5. The number of carbonyl (C=O) groups is 1. The molecule has 0 radical (unpaired) electrons. The molecule has 9 heteroatoms. The predicted molar refractivity (Wildman–Crippen MR) is 66.9 cm³/mol. The molecule has 1 atom stereocenters. The van der Waals surface area contributed by atoms with Crippen LogP contribution in [0, 0.1) is 10.1 Å². The van der Waals surface area contributed by atoms with Crippen molar-refractivity contribution in [3.63, 3.8) is 0 Å². The van der Waals surface area contributed by atoms with Gasteiger partial charge < -0.3 is 10.4 Å². The topological polar surface area (TPSA) is 127 Å². The SMILES string of the molecule is CC(Nc1cccc(S(C)(=O)=O)c1[N+](=O)[O-])C(=O)O. The summed E-state index contributed by atoms with van der Waals surface area (Å²) in [6.45, 7) is 1.29. The highest BCUT2D eigenvalue weighted by Crippen LogP contribution is 2.32. The second kappa shape index (κ2) is 5.22.